The molecule has 0 radical (unpaired) electrons. The maximum absolute atomic E-state index is 12.8. The van der Waals surface area contributed by atoms with Crippen molar-refractivity contribution in [2.24, 2.45) is 0 Å². The van der Waals surface area contributed by atoms with E-state index in [9.17, 15) is 22.8 Å². The van der Waals surface area contributed by atoms with Crippen molar-refractivity contribution >= 4 is 11.9 Å². The van der Waals surface area contributed by atoms with E-state index in [0.29, 0.717) is 16.9 Å². The fourth-order valence-corrected chi connectivity index (χ4v) is 3.63. The van der Waals surface area contributed by atoms with Gasteiger partial charge in [0.15, 0.2) is 0 Å². The summed E-state index contributed by atoms with van der Waals surface area (Å²) in [5, 5.41) is 2.68. The molecule has 3 aromatic rings. The van der Waals surface area contributed by atoms with Gasteiger partial charge in [0.1, 0.15) is 11.9 Å². The molecule has 0 bridgehead atoms. The molecule has 3 rings (SSSR count). The van der Waals surface area contributed by atoms with Crippen LogP contribution < -0.4 is 10.1 Å². The molecule has 0 saturated carbocycles. The number of hydrogen-bond acceptors (Lipinski definition) is 4. The van der Waals surface area contributed by atoms with Gasteiger partial charge in [0.25, 0.3) is 5.91 Å². The summed E-state index contributed by atoms with van der Waals surface area (Å²) in [5.41, 5.74) is 2.17. The first-order chi connectivity index (χ1) is 17.2. The highest BCUT2D eigenvalue weighted by Crippen LogP contribution is 2.32. The van der Waals surface area contributed by atoms with Crippen molar-refractivity contribution in [1.82, 2.24) is 5.32 Å². The largest absolute Gasteiger partial charge is 0.486 e. The number of nitrogens with one attached hydrogen (secondary N) is 1. The van der Waals surface area contributed by atoms with Gasteiger partial charge in [-0.2, -0.15) is 13.2 Å². The minimum atomic E-state index is -4.36. The molecule has 8 heteroatoms. The first-order valence-corrected chi connectivity index (χ1v) is 11.6. The van der Waals surface area contributed by atoms with E-state index in [1.807, 2.05) is 31.2 Å². The van der Waals surface area contributed by atoms with Crippen LogP contribution in [0.2, 0.25) is 0 Å². The second-order valence-electron chi connectivity index (χ2n) is 8.20. The van der Waals surface area contributed by atoms with E-state index < -0.39 is 17.7 Å². The summed E-state index contributed by atoms with van der Waals surface area (Å²) in [6, 6.07) is 19.3. The van der Waals surface area contributed by atoms with Crippen LogP contribution in [0.3, 0.4) is 0 Å². The minimum Gasteiger partial charge on any atom is -0.486 e. The van der Waals surface area contributed by atoms with Gasteiger partial charge >= 0.3 is 12.1 Å². The molecule has 0 saturated heterocycles. The van der Waals surface area contributed by atoms with Crippen molar-refractivity contribution in [3.8, 4) is 16.9 Å². The van der Waals surface area contributed by atoms with Crippen LogP contribution in [-0.2, 0) is 15.7 Å². The smallest absolute Gasteiger partial charge is 0.416 e. The molecule has 1 amide bonds. The third-order valence-electron chi connectivity index (χ3n) is 5.62. The molecular formula is C28H28F3NO4. The highest BCUT2D eigenvalue weighted by atomic mass is 19.4. The molecule has 1 N–H and O–H groups in total. The highest BCUT2D eigenvalue weighted by molar-refractivity contribution is 5.94. The topological polar surface area (TPSA) is 64.6 Å². The first kappa shape index (κ1) is 26.8. The van der Waals surface area contributed by atoms with E-state index in [2.05, 4.69) is 10.1 Å². The lowest BCUT2D eigenvalue weighted by atomic mass is 10.0. The van der Waals surface area contributed by atoms with Crippen LogP contribution in [-0.4, -0.2) is 25.5 Å². The van der Waals surface area contributed by atoms with Crippen molar-refractivity contribution in [2.75, 3.05) is 13.7 Å². The zero-order valence-corrected chi connectivity index (χ0v) is 20.1. The Kier molecular flexibility index (Phi) is 9.11. The predicted octanol–water partition coefficient (Wildman–Crippen LogP) is 6.59. The van der Waals surface area contributed by atoms with E-state index >= 15 is 0 Å². The summed E-state index contributed by atoms with van der Waals surface area (Å²) in [5.74, 6) is -0.0383. The third kappa shape index (κ3) is 7.34. The Morgan fingerprint density at radius 1 is 0.889 bits per heavy atom. The van der Waals surface area contributed by atoms with Gasteiger partial charge in [-0.1, -0.05) is 49.7 Å². The van der Waals surface area contributed by atoms with Crippen molar-refractivity contribution < 1.29 is 32.2 Å². The summed E-state index contributed by atoms with van der Waals surface area (Å²) in [4.78, 5) is 23.5. The van der Waals surface area contributed by atoms with Crippen LogP contribution in [0.15, 0.2) is 72.8 Å². The molecule has 0 fully saturated rings. The molecule has 0 aliphatic heterocycles. The molecule has 1 unspecified atom stereocenters. The molecule has 36 heavy (non-hydrogen) atoms. The SMILES string of the molecule is CCCC(Oc1ccc(-c2ccc(C(F)(F)F)cc2)cc1)c1ccc(C(=O)NCCC(=O)OC)cc1. The monoisotopic (exact) mass is 499 g/mol. The zero-order chi connectivity index (χ0) is 26.1. The molecule has 190 valence electrons. The number of carbonyl (C=O) groups is 2. The molecule has 1 atom stereocenters. The van der Waals surface area contributed by atoms with Crippen LogP contribution >= 0.6 is 0 Å². The quantitative estimate of drug-likeness (QED) is 0.320. The molecule has 0 heterocycles. The summed E-state index contributed by atoms with van der Waals surface area (Å²) in [6.45, 7) is 2.24. The van der Waals surface area contributed by atoms with Crippen LogP contribution in [0.1, 0.15) is 53.8 Å². The average molecular weight is 500 g/mol. The van der Waals surface area contributed by atoms with Gasteiger partial charge in [0.2, 0.25) is 0 Å². The number of esters is 1. The second kappa shape index (κ2) is 12.2. The Morgan fingerprint density at radius 2 is 1.47 bits per heavy atom. The molecule has 0 aromatic heterocycles. The van der Waals surface area contributed by atoms with Crippen molar-refractivity contribution in [1.29, 1.82) is 0 Å². The van der Waals surface area contributed by atoms with Crippen molar-refractivity contribution in [2.45, 2.75) is 38.5 Å². The molecule has 0 aliphatic rings. The Morgan fingerprint density at radius 3 is 2.00 bits per heavy atom. The van der Waals surface area contributed by atoms with Crippen LogP contribution in [0.4, 0.5) is 13.2 Å². The van der Waals surface area contributed by atoms with Gasteiger partial charge in [-0.05, 0) is 59.5 Å². The van der Waals surface area contributed by atoms with E-state index in [-0.39, 0.29) is 25.0 Å². The number of alkyl halides is 3. The summed E-state index contributed by atoms with van der Waals surface area (Å²) in [7, 11) is 1.30. The van der Waals surface area contributed by atoms with Crippen LogP contribution in [0.5, 0.6) is 5.75 Å². The maximum Gasteiger partial charge on any atom is 0.416 e. The predicted molar refractivity (Wildman–Crippen MR) is 131 cm³/mol. The van der Waals surface area contributed by atoms with Crippen molar-refractivity contribution in [3.05, 3.63) is 89.5 Å². The summed E-state index contributed by atoms with van der Waals surface area (Å²) in [6.07, 6.45) is -2.86. The van der Waals surface area contributed by atoms with Gasteiger partial charge in [0, 0.05) is 12.1 Å². The first-order valence-electron chi connectivity index (χ1n) is 11.6. The Labute approximate surface area is 208 Å². The molecular weight excluding hydrogens is 471 g/mol. The zero-order valence-electron chi connectivity index (χ0n) is 20.1. The van der Waals surface area contributed by atoms with Crippen LogP contribution in [0.25, 0.3) is 11.1 Å². The van der Waals surface area contributed by atoms with E-state index in [4.69, 9.17) is 4.74 Å². The van der Waals surface area contributed by atoms with E-state index in [0.717, 1.165) is 36.1 Å². The lowest BCUT2D eigenvalue weighted by Crippen LogP contribution is -2.26. The molecule has 3 aromatic carbocycles. The number of hydrogen-bond donors (Lipinski definition) is 1. The number of rotatable bonds is 10. The standard InChI is InChI=1S/C28H28F3NO4/c1-3-4-25(21-5-7-22(8-6-21)27(34)32-18-17-26(33)35-2)36-24-15-11-20(12-16-24)19-9-13-23(14-10-19)28(29,30)31/h5-16,25H,3-4,17-18H2,1-2H3,(H,32,34). The fraction of sp³-hybridized carbons (Fsp3) is 0.286. The highest BCUT2D eigenvalue weighted by Gasteiger charge is 2.30. The molecule has 0 aliphatic carbocycles. The van der Waals surface area contributed by atoms with Gasteiger partial charge < -0.3 is 14.8 Å². The maximum atomic E-state index is 12.8. The number of halogens is 3. The molecule has 0 spiro atoms. The average Bonchev–Trinajstić information content (AvgIpc) is 2.88. The number of benzene rings is 3. The Hall–Kier alpha value is -3.81. The van der Waals surface area contributed by atoms with Gasteiger partial charge in [0.05, 0.1) is 19.1 Å². The Balaban J connectivity index is 1.65. The third-order valence-corrected chi connectivity index (χ3v) is 5.62. The van der Waals surface area contributed by atoms with E-state index in [1.54, 1.807) is 24.3 Å². The lowest BCUT2D eigenvalue weighted by molar-refractivity contribution is -0.140. The molecule has 5 nitrogen and oxygen atoms in total. The summed E-state index contributed by atoms with van der Waals surface area (Å²) < 4.78 is 49.1. The number of amides is 1. The number of carbonyl (C=O) groups excluding carboxylic acids is 2. The van der Waals surface area contributed by atoms with E-state index in [1.165, 1.54) is 19.2 Å². The second-order valence-corrected chi connectivity index (χ2v) is 8.20. The van der Waals surface area contributed by atoms with Gasteiger partial charge in [-0.3, -0.25) is 9.59 Å². The van der Waals surface area contributed by atoms with Gasteiger partial charge in [-0.25, -0.2) is 0 Å². The number of ether oxygens (including phenoxy) is 2. The lowest BCUT2D eigenvalue weighted by Gasteiger charge is -2.20. The fourth-order valence-electron chi connectivity index (χ4n) is 3.63. The van der Waals surface area contributed by atoms with Crippen LogP contribution in [0, 0.1) is 0 Å². The Bertz CT molecular complexity index is 1140. The number of methoxy groups -OCH3 is 1. The minimum absolute atomic E-state index is 0.102. The van der Waals surface area contributed by atoms with Gasteiger partial charge in [-0.15, -0.1) is 0 Å². The summed E-state index contributed by atoms with van der Waals surface area (Å²) >= 11 is 0. The van der Waals surface area contributed by atoms with Crippen molar-refractivity contribution in [3.63, 3.8) is 0 Å². The normalized spacial score (nSPS) is 12.0.